The zero-order valence-electron chi connectivity index (χ0n) is 14.8. The van der Waals surface area contributed by atoms with E-state index in [4.69, 9.17) is 4.42 Å². The fourth-order valence-corrected chi connectivity index (χ4v) is 4.00. The lowest BCUT2D eigenvalue weighted by atomic mass is 9.92. The predicted octanol–water partition coefficient (Wildman–Crippen LogP) is 3.97. The van der Waals surface area contributed by atoms with Gasteiger partial charge in [0.1, 0.15) is 11.6 Å². The van der Waals surface area contributed by atoms with Gasteiger partial charge in [-0.05, 0) is 61.9 Å². The molecule has 6 heteroatoms. The molecule has 138 valence electrons. The van der Waals surface area contributed by atoms with Gasteiger partial charge in [0.15, 0.2) is 5.76 Å². The Morgan fingerprint density at radius 1 is 1.15 bits per heavy atom. The maximum Gasteiger partial charge on any atom is 0.290 e. The molecule has 2 aliphatic carbocycles. The van der Waals surface area contributed by atoms with Crippen molar-refractivity contribution < 1.29 is 13.6 Å². The summed E-state index contributed by atoms with van der Waals surface area (Å²) in [6, 6.07) is 10.2. The number of nitrogens with zero attached hydrogens (tertiary/aromatic N) is 2. The van der Waals surface area contributed by atoms with Crippen LogP contribution in [-0.2, 0) is 12.8 Å². The molecule has 1 atom stereocenters. The van der Waals surface area contributed by atoms with E-state index in [0.29, 0.717) is 11.3 Å². The lowest BCUT2D eigenvalue weighted by Crippen LogP contribution is -2.44. The molecule has 5 rings (SSSR count). The average Bonchev–Trinajstić information content (AvgIpc) is 3.20. The largest absolute Gasteiger partial charge is 0.451 e. The van der Waals surface area contributed by atoms with Crippen molar-refractivity contribution in [2.75, 3.05) is 0 Å². The van der Waals surface area contributed by atoms with E-state index in [1.807, 2.05) is 11.1 Å². The molecule has 1 saturated carbocycles. The highest BCUT2D eigenvalue weighted by atomic mass is 19.1. The van der Waals surface area contributed by atoms with Crippen molar-refractivity contribution in [3.8, 4) is 11.3 Å². The quantitative estimate of drug-likeness (QED) is 0.761. The molecule has 2 heterocycles. The van der Waals surface area contributed by atoms with Crippen LogP contribution >= 0.6 is 0 Å². The van der Waals surface area contributed by atoms with Crippen LogP contribution in [0, 0.1) is 5.82 Å². The van der Waals surface area contributed by atoms with Gasteiger partial charge < -0.3 is 9.32 Å². The van der Waals surface area contributed by atoms with Crippen LogP contribution in [-0.4, -0.2) is 33.1 Å². The van der Waals surface area contributed by atoms with Crippen molar-refractivity contribution in [3.63, 3.8) is 0 Å². The molecule has 1 unspecified atom stereocenters. The van der Waals surface area contributed by atoms with Gasteiger partial charge in [-0.3, -0.25) is 9.89 Å². The first-order valence-electron chi connectivity index (χ1n) is 9.39. The third-order valence-electron chi connectivity index (χ3n) is 5.51. The minimum absolute atomic E-state index is 0.1000. The van der Waals surface area contributed by atoms with Crippen molar-refractivity contribution in [2.45, 2.75) is 44.2 Å². The van der Waals surface area contributed by atoms with Gasteiger partial charge >= 0.3 is 0 Å². The van der Waals surface area contributed by atoms with E-state index in [1.54, 1.807) is 30.3 Å². The number of carbonyl (C=O) groups is 1. The number of halogens is 1. The number of hydrogen-bond acceptors (Lipinski definition) is 3. The molecule has 27 heavy (non-hydrogen) atoms. The molecule has 1 amide bonds. The van der Waals surface area contributed by atoms with Crippen molar-refractivity contribution in [3.05, 3.63) is 65.4 Å². The highest BCUT2D eigenvalue weighted by Gasteiger charge is 2.40. The number of amides is 1. The second kappa shape index (κ2) is 6.37. The number of nitrogens with one attached hydrogen (secondary N) is 1. The molecule has 0 radical (unpaired) electrons. The van der Waals surface area contributed by atoms with Crippen LogP contribution < -0.4 is 0 Å². The molecule has 0 aliphatic heterocycles. The van der Waals surface area contributed by atoms with E-state index in [9.17, 15) is 9.18 Å². The zero-order valence-corrected chi connectivity index (χ0v) is 14.8. The molecule has 0 spiro atoms. The molecule has 5 nitrogen and oxygen atoms in total. The zero-order chi connectivity index (χ0) is 18.4. The summed E-state index contributed by atoms with van der Waals surface area (Å²) in [5.41, 5.74) is 2.74. The van der Waals surface area contributed by atoms with E-state index in [1.165, 1.54) is 17.3 Å². The van der Waals surface area contributed by atoms with Crippen LogP contribution in [0.4, 0.5) is 4.39 Å². The minimum Gasteiger partial charge on any atom is -0.451 e. The lowest BCUT2D eigenvalue weighted by Gasteiger charge is -2.33. The molecular formula is C21H20FN3O2. The molecule has 0 saturated heterocycles. The lowest BCUT2D eigenvalue weighted by molar-refractivity contribution is 0.0611. The number of H-pyrrole nitrogens is 1. The van der Waals surface area contributed by atoms with Crippen molar-refractivity contribution in [1.29, 1.82) is 0 Å². The third-order valence-corrected chi connectivity index (χ3v) is 5.51. The van der Waals surface area contributed by atoms with Crippen LogP contribution in [0.3, 0.4) is 0 Å². The summed E-state index contributed by atoms with van der Waals surface area (Å²) >= 11 is 0. The third kappa shape index (κ3) is 2.95. The first-order valence-corrected chi connectivity index (χ1v) is 9.39. The number of furan rings is 1. The second-order valence-electron chi connectivity index (χ2n) is 7.36. The Kier molecular flexibility index (Phi) is 3.85. The summed E-state index contributed by atoms with van der Waals surface area (Å²) in [7, 11) is 0. The van der Waals surface area contributed by atoms with Gasteiger partial charge in [0.05, 0.1) is 11.8 Å². The first kappa shape index (κ1) is 16.3. The van der Waals surface area contributed by atoms with Crippen LogP contribution in [0.15, 0.2) is 47.0 Å². The predicted molar refractivity (Wildman–Crippen MR) is 97.7 cm³/mol. The highest BCUT2D eigenvalue weighted by Crippen LogP contribution is 2.35. The molecular weight excluding hydrogens is 345 g/mol. The van der Waals surface area contributed by atoms with Gasteiger partial charge in [0.2, 0.25) is 0 Å². The fraction of sp³-hybridized carbons (Fsp3) is 0.333. The fourth-order valence-electron chi connectivity index (χ4n) is 4.00. The van der Waals surface area contributed by atoms with E-state index < -0.39 is 0 Å². The molecule has 3 aromatic rings. The summed E-state index contributed by atoms with van der Waals surface area (Å²) in [5.74, 6) is 0.202. The Hall–Kier alpha value is -2.89. The molecule has 1 fully saturated rings. The normalized spacial score (nSPS) is 18.9. The van der Waals surface area contributed by atoms with Crippen molar-refractivity contribution in [1.82, 2.24) is 15.1 Å². The first-order chi connectivity index (χ1) is 13.2. The summed E-state index contributed by atoms with van der Waals surface area (Å²) in [4.78, 5) is 15.2. The van der Waals surface area contributed by atoms with Gasteiger partial charge in [-0.25, -0.2) is 4.39 Å². The Morgan fingerprint density at radius 3 is 2.81 bits per heavy atom. The Balaban J connectivity index is 1.41. The molecule has 0 bridgehead atoms. The standard InChI is InChI=1S/C21H20FN3O2/c22-17-4-2-1-3-16(17)19-9-10-20(27-19)21(26)25(14-5-6-14)15-7-8-18-13(11-15)12-23-24-18/h1-4,9-10,12,14-15H,5-8,11H2,(H,23,24). The average molecular weight is 365 g/mol. The second-order valence-corrected chi connectivity index (χ2v) is 7.36. The van der Waals surface area contributed by atoms with Crippen molar-refractivity contribution >= 4 is 5.91 Å². The number of carbonyl (C=O) groups excluding carboxylic acids is 1. The number of rotatable bonds is 4. The molecule has 2 aromatic heterocycles. The van der Waals surface area contributed by atoms with Crippen LogP contribution in [0.25, 0.3) is 11.3 Å². The Labute approximate surface area is 156 Å². The van der Waals surface area contributed by atoms with Crippen LogP contribution in [0.1, 0.15) is 41.1 Å². The topological polar surface area (TPSA) is 62.1 Å². The van der Waals surface area contributed by atoms with E-state index in [-0.39, 0.29) is 29.6 Å². The maximum atomic E-state index is 14.0. The summed E-state index contributed by atoms with van der Waals surface area (Å²) in [6.45, 7) is 0. The molecule has 1 N–H and O–H groups in total. The molecule has 2 aliphatic rings. The monoisotopic (exact) mass is 365 g/mol. The summed E-state index contributed by atoms with van der Waals surface area (Å²) in [6.07, 6.45) is 6.55. The Bertz CT molecular complexity index is 989. The Morgan fingerprint density at radius 2 is 2.00 bits per heavy atom. The van der Waals surface area contributed by atoms with E-state index in [0.717, 1.165) is 32.1 Å². The van der Waals surface area contributed by atoms with E-state index >= 15 is 0 Å². The van der Waals surface area contributed by atoms with Gasteiger partial charge in [0, 0.05) is 17.8 Å². The number of benzene rings is 1. The van der Waals surface area contributed by atoms with E-state index in [2.05, 4.69) is 10.2 Å². The van der Waals surface area contributed by atoms with Gasteiger partial charge in [0.25, 0.3) is 5.91 Å². The van der Waals surface area contributed by atoms with Crippen LogP contribution in [0.5, 0.6) is 0 Å². The summed E-state index contributed by atoms with van der Waals surface area (Å²) < 4.78 is 19.8. The van der Waals surface area contributed by atoms with Crippen molar-refractivity contribution in [2.24, 2.45) is 0 Å². The van der Waals surface area contributed by atoms with Gasteiger partial charge in [-0.15, -0.1) is 0 Å². The van der Waals surface area contributed by atoms with Gasteiger partial charge in [-0.1, -0.05) is 12.1 Å². The molecule has 1 aromatic carbocycles. The van der Waals surface area contributed by atoms with Crippen LogP contribution in [0.2, 0.25) is 0 Å². The number of aryl methyl sites for hydroxylation is 1. The number of hydrogen-bond donors (Lipinski definition) is 1. The minimum atomic E-state index is -0.357. The number of fused-ring (bicyclic) bond motifs is 1. The highest BCUT2D eigenvalue weighted by molar-refractivity contribution is 5.93. The SMILES string of the molecule is O=C(c1ccc(-c2ccccc2F)o1)N(C1CC1)C1CCc2[nH]ncc2C1. The maximum absolute atomic E-state index is 14.0. The smallest absolute Gasteiger partial charge is 0.290 e. The van der Waals surface area contributed by atoms with Gasteiger partial charge in [-0.2, -0.15) is 5.10 Å². The number of aromatic nitrogens is 2. The number of aromatic amines is 1. The summed E-state index contributed by atoms with van der Waals surface area (Å²) in [5, 5.41) is 7.17.